The van der Waals surface area contributed by atoms with Crippen LogP contribution in [0.5, 0.6) is 0 Å². The van der Waals surface area contributed by atoms with E-state index in [1.54, 1.807) is 20.8 Å². The maximum absolute atomic E-state index is 11.6. The van der Waals surface area contributed by atoms with Crippen molar-refractivity contribution in [1.82, 2.24) is 10.2 Å². The van der Waals surface area contributed by atoms with Crippen molar-refractivity contribution in [3.63, 3.8) is 0 Å². The highest BCUT2D eigenvalue weighted by molar-refractivity contribution is 5.86. The average Bonchev–Trinajstić information content (AvgIpc) is 2.64. The zero-order valence-electron chi connectivity index (χ0n) is 12.1. The van der Waals surface area contributed by atoms with Gasteiger partial charge in [0.1, 0.15) is 5.60 Å². The molecule has 2 N–H and O–H groups in total. The Labute approximate surface area is 118 Å². The molecular weight excluding hydrogens is 264 g/mol. The molecular formula is C13H22N2O5. The largest absolute Gasteiger partial charge is 0.481 e. The summed E-state index contributed by atoms with van der Waals surface area (Å²) in [5.74, 6) is -1.69. The van der Waals surface area contributed by atoms with Gasteiger partial charge in [0.25, 0.3) is 0 Å². The Balaban J connectivity index is 2.20. The molecule has 1 aliphatic heterocycles. The highest BCUT2D eigenvalue weighted by Gasteiger charge is 2.33. The first-order chi connectivity index (χ1) is 9.19. The second-order valence-electron chi connectivity index (χ2n) is 5.86. The molecule has 114 valence electrons. The van der Waals surface area contributed by atoms with E-state index in [9.17, 15) is 14.4 Å². The number of carbonyl (C=O) groups is 3. The third kappa shape index (κ3) is 5.46. The summed E-state index contributed by atoms with van der Waals surface area (Å²) in [7, 11) is 0. The molecule has 0 aromatic carbocycles. The number of ether oxygens (including phenoxy) is 1. The van der Waals surface area contributed by atoms with Crippen molar-refractivity contribution in [2.24, 2.45) is 5.92 Å². The smallest absolute Gasteiger partial charge is 0.407 e. The Hall–Kier alpha value is -1.79. The van der Waals surface area contributed by atoms with Gasteiger partial charge in [-0.1, -0.05) is 0 Å². The second kappa shape index (κ2) is 6.58. The summed E-state index contributed by atoms with van der Waals surface area (Å²) in [6, 6.07) is 0. The van der Waals surface area contributed by atoms with Crippen molar-refractivity contribution in [2.75, 3.05) is 19.6 Å². The molecule has 1 saturated heterocycles. The molecule has 0 aromatic heterocycles. The molecule has 7 heteroatoms. The van der Waals surface area contributed by atoms with Crippen molar-refractivity contribution >= 4 is 18.0 Å². The number of alkyl carbamates (subject to hydrolysis) is 1. The molecule has 0 radical (unpaired) electrons. The van der Waals surface area contributed by atoms with Gasteiger partial charge in [-0.05, 0) is 27.2 Å². The van der Waals surface area contributed by atoms with E-state index in [-0.39, 0.29) is 18.9 Å². The SMILES string of the molecule is CC(C)(C)OC(=O)NCCCN1CC(C(=O)O)CC1=O. The minimum absolute atomic E-state index is 0.0643. The molecule has 0 saturated carbocycles. The minimum atomic E-state index is -0.937. The van der Waals surface area contributed by atoms with E-state index < -0.39 is 23.6 Å². The van der Waals surface area contributed by atoms with Crippen LogP contribution >= 0.6 is 0 Å². The number of nitrogens with one attached hydrogen (secondary N) is 1. The summed E-state index contributed by atoms with van der Waals surface area (Å²) >= 11 is 0. The first kappa shape index (κ1) is 16.3. The van der Waals surface area contributed by atoms with Gasteiger partial charge in [-0.15, -0.1) is 0 Å². The molecule has 1 aliphatic rings. The van der Waals surface area contributed by atoms with Crippen LogP contribution in [0.1, 0.15) is 33.6 Å². The zero-order valence-corrected chi connectivity index (χ0v) is 12.1. The van der Waals surface area contributed by atoms with Crippen molar-refractivity contribution in [2.45, 2.75) is 39.2 Å². The van der Waals surface area contributed by atoms with Crippen LogP contribution in [0.25, 0.3) is 0 Å². The second-order valence-corrected chi connectivity index (χ2v) is 5.86. The summed E-state index contributed by atoms with van der Waals surface area (Å²) in [6.45, 7) is 6.42. The Kier molecular flexibility index (Phi) is 5.35. The van der Waals surface area contributed by atoms with Crippen LogP contribution in [0, 0.1) is 5.92 Å². The van der Waals surface area contributed by atoms with Gasteiger partial charge in [0.15, 0.2) is 0 Å². The minimum Gasteiger partial charge on any atom is -0.481 e. The van der Waals surface area contributed by atoms with E-state index in [1.807, 2.05) is 0 Å². The number of amides is 2. The molecule has 0 bridgehead atoms. The average molecular weight is 286 g/mol. The fourth-order valence-electron chi connectivity index (χ4n) is 1.93. The monoisotopic (exact) mass is 286 g/mol. The van der Waals surface area contributed by atoms with E-state index in [0.29, 0.717) is 19.5 Å². The van der Waals surface area contributed by atoms with E-state index in [2.05, 4.69) is 5.32 Å². The van der Waals surface area contributed by atoms with Gasteiger partial charge >= 0.3 is 12.1 Å². The van der Waals surface area contributed by atoms with E-state index >= 15 is 0 Å². The van der Waals surface area contributed by atoms with E-state index in [1.165, 1.54) is 4.90 Å². The van der Waals surface area contributed by atoms with Gasteiger partial charge in [-0.25, -0.2) is 4.79 Å². The first-order valence-electron chi connectivity index (χ1n) is 6.66. The number of rotatable bonds is 5. The Morgan fingerprint density at radius 2 is 2.10 bits per heavy atom. The lowest BCUT2D eigenvalue weighted by atomic mass is 10.1. The molecule has 0 aromatic rings. The standard InChI is InChI=1S/C13H22N2O5/c1-13(2,3)20-12(19)14-5-4-6-15-8-9(11(17)18)7-10(15)16/h9H,4-8H2,1-3H3,(H,14,19)(H,17,18). The predicted molar refractivity (Wildman–Crippen MR) is 71.2 cm³/mol. The molecule has 1 heterocycles. The molecule has 0 aliphatic carbocycles. The number of hydrogen-bond acceptors (Lipinski definition) is 4. The molecule has 1 rings (SSSR count). The highest BCUT2D eigenvalue weighted by atomic mass is 16.6. The number of likely N-dealkylation sites (tertiary alicyclic amines) is 1. The van der Waals surface area contributed by atoms with Crippen molar-refractivity contribution in [3.05, 3.63) is 0 Å². The van der Waals surface area contributed by atoms with Crippen molar-refractivity contribution < 1.29 is 24.2 Å². The third-order valence-corrected chi connectivity index (χ3v) is 2.84. The molecule has 2 amide bonds. The van der Waals surface area contributed by atoms with Gasteiger partial charge in [-0.3, -0.25) is 9.59 Å². The fraction of sp³-hybridized carbons (Fsp3) is 0.769. The molecule has 1 unspecified atom stereocenters. The zero-order chi connectivity index (χ0) is 15.3. The van der Waals surface area contributed by atoms with Crippen LogP contribution in [0.4, 0.5) is 4.79 Å². The van der Waals surface area contributed by atoms with Crippen molar-refractivity contribution in [1.29, 1.82) is 0 Å². The third-order valence-electron chi connectivity index (χ3n) is 2.84. The molecule has 1 atom stereocenters. The number of aliphatic carboxylic acids is 1. The number of carbonyl (C=O) groups excluding carboxylic acids is 2. The summed E-state index contributed by atoms with van der Waals surface area (Å²) in [6.07, 6.45) is 0.139. The fourth-order valence-corrected chi connectivity index (χ4v) is 1.93. The summed E-state index contributed by atoms with van der Waals surface area (Å²) in [4.78, 5) is 35.2. The van der Waals surface area contributed by atoms with Gasteiger partial charge in [0.2, 0.25) is 5.91 Å². The van der Waals surface area contributed by atoms with Crippen molar-refractivity contribution in [3.8, 4) is 0 Å². The Morgan fingerprint density at radius 3 is 2.60 bits per heavy atom. The van der Waals surface area contributed by atoms with E-state index in [4.69, 9.17) is 9.84 Å². The van der Waals surface area contributed by atoms with Crippen LogP contribution in [-0.2, 0) is 14.3 Å². The molecule has 0 spiro atoms. The van der Waals surface area contributed by atoms with Crippen LogP contribution in [0.2, 0.25) is 0 Å². The number of carboxylic acids is 1. The topological polar surface area (TPSA) is 95.9 Å². The van der Waals surface area contributed by atoms with Crippen LogP contribution in [0.15, 0.2) is 0 Å². The summed E-state index contributed by atoms with van der Waals surface area (Å²) in [5, 5.41) is 11.4. The van der Waals surface area contributed by atoms with E-state index in [0.717, 1.165) is 0 Å². The van der Waals surface area contributed by atoms with Gasteiger partial charge < -0.3 is 20.1 Å². The molecule has 20 heavy (non-hydrogen) atoms. The lowest BCUT2D eigenvalue weighted by Crippen LogP contribution is -2.35. The maximum Gasteiger partial charge on any atom is 0.407 e. The predicted octanol–water partition coefficient (Wildman–Crippen LogP) is 0.834. The highest BCUT2D eigenvalue weighted by Crippen LogP contribution is 2.17. The molecule has 7 nitrogen and oxygen atoms in total. The molecule has 1 fully saturated rings. The first-order valence-corrected chi connectivity index (χ1v) is 6.66. The van der Waals surface area contributed by atoms with Crippen LogP contribution in [0.3, 0.4) is 0 Å². The van der Waals surface area contributed by atoms with Gasteiger partial charge in [-0.2, -0.15) is 0 Å². The number of nitrogens with zero attached hydrogens (tertiary/aromatic N) is 1. The maximum atomic E-state index is 11.6. The lowest BCUT2D eigenvalue weighted by Gasteiger charge is -2.20. The summed E-state index contributed by atoms with van der Waals surface area (Å²) in [5.41, 5.74) is -0.538. The van der Waals surface area contributed by atoms with Gasteiger partial charge in [0, 0.05) is 26.1 Å². The van der Waals surface area contributed by atoms with Gasteiger partial charge in [0.05, 0.1) is 5.92 Å². The number of carboxylic acid groups (broad SMARTS) is 1. The lowest BCUT2D eigenvalue weighted by molar-refractivity contribution is -0.141. The van der Waals surface area contributed by atoms with Crippen LogP contribution < -0.4 is 5.32 Å². The Bertz CT molecular complexity index is 389. The normalized spacial score (nSPS) is 19.1. The summed E-state index contributed by atoms with van der Waals surface area (Å²) < 4.78 is 5.07. The quantitative estimate of drug-likeness (QED) is 0.730. The number of hydrogen-bond donors (Lipinski definition) is 2. The Morgan fingerprint density at radius 1 is 1.45 bits per heavy atom. The van der Waals surface area contributed by atoms with Crippen LogP contribution in [-0.4, -0.2) is 53.2 Å².